The standard InChI is InChI=1S/C14H21NO2S/c1-14(2,3)17-13(16)8-6-10-5-7-11(15)12(9-10)18-4/h5,7,9H,6,8,15H2,1-4H3. The predicted molar refractivity (Wildman–Crippen MR) is 76.8 cm³/mol. The van der Waals surface area contributed by atoms with Crippen molar-refractivity contribution in [1.82, 2.24) is 0 Å². The Hall–Kier alpha value is -1.16. The lowest BCUT2D eigenvalue weighted by atomic mass is 10.1. The maximum atomic E-state index is 11.6. The Balaban J connectivity index is 2.56. The van der Waals surface area contributed by atoms with Crippen LogP contribution < -0.4 is 5.73 Å². The summed E-state index contributed by atoms with van der Waals surface area (Å²) in [7, 11) is 0. The molecule has 3 nitrogen and oxygen atoms in total. The zero-order chi connectivity index (χ0) is 13.8. The van der Waals surface area contributed by atoms with E-state index in [1.165, 1.54) is 0 Å². The molecule has 1 aromatic rings. The van der Waals surface area contributed by atoms with Crippen molar-refractivity contribution in [2.45, 2.75) is 44.1 Å². The fourth-order valence-electron chi connectivity index (χ4n) is 1.55. The molecule has 4 heteroatoms. The number of carbonyl (C=O) groups excluding carboxylic acids is 1. The summed E-state index contributed by atoms with van der Waals surface area (Å²) in [6.45, 7) is 5.62. The van der Waals surface area contributed by atoms with E-state index < -0.39 is 5.60 Å². The van der Waals surface area contributed by atoms with Gasteiger partial charge in [-0.3, -0.25) is 4.79 Å². The molecule has 0 saturated carbocycles. The average Bonchev–Trinajstić information content (AvgIpc) is 2.25. The topological polar surface area (TPSA) is 52.3 Å². The molecule has 0 aliphatic heterocycles. The minimum absolute atomic E-state index is 0.162. The van der Waals surface area contributed by atoms with Crippen molar-refractivity contribution >= 4 is 23.4 Å². The number of hydrogen-bond donors (Lipinski definition) is 1. The van der Waals surface area contributed by atoms with Crippen molar-refractivity contribution in [3.8, 4) is 0 Å². The number of hydrogen-bond acceptors (Lipinski definition) is 4. The number of anilines is 1. The van der Waals surface area contributed by atoms with Gasteiger partial charge in [0.25, 0.3) is 0 Å². The summed E-state index contributed by atoms with van der Waals surface area (Å²) >= 11 is 1.61. The van der Waals surface area contributed by atoms with Crippen LogP contribution in [0, 0.1) is 0 Å². The lowest BCUT2D eigenvalue weighted by Gasteiger charge is -2.19. The third-order valence-electron chi connectivity index (χ3n) is 2.34. The summed E-state index contributed by atoms with van der Waals surface area (Å²) in [6, 6.07) is 5.88. The second-order valence-electron chi connectivity index (χ2n) is 5.16. The second kappa shape index (κ2) is 6.14. The van der Waals surface area contributed by atoms with Crippen molar-refractivity contribution in [2.24, 2.45) is 0 Å². The average molecular weight is 267 g/mol. The van der Waals surface area contributed by atoms with Gasteiger partial charge in [0.1, 0.15) is 5.60 Å². The Morgan fingerprint density at radius 1 is 1.39 bits per heavy atom. The number of nitrogens with two attached hydrogens (primary N) is 1. The van der Waals surface area contributed by atoms with E-state index in [1.807, 2.05) is 45.2 Å². The molecular weight excluding hydrogens is 246 g/mol. The van der Waals surface area contributed by atoms with Crippen LogP contribution in [-0.4, -0.2) is 17.8 Å². The molecule has 1 rings (SSSR count). The number of aryl methyl sites for hydroxylation is 1. The molecule has 0 unspecified atom stereocenters. The summed E-state index contributed by atoms with van der Waals surface area (Å²) < 4.78 is 5.27. The van der Waals surface area contributed by atoms with Gasteiger partial charge in [-0.1, -0.05) is 6.07 Å². The summed E-state index contributed by atoms with van der Waals surface area (Å²) in [6.07, 6.45) is 3.07. The molecule has 0 spiro atoms. The van der Waals surface area contributed by atoms with Crippen molar-refractivity contribution in [2.75, 3.05) is 12.0 Å². The van der Waals surface area contributed by atoms with Crippen LogP contribution in [-0.2, 0) is 16.0 Å². The molecule has 18 heavy (non-hydrogen) atoms. The first-order valence-corrected chi connectivity index (χ1v) is 7.18. The molecule has 0 heterocycles. The SMILES string of the molecule is CSc1cc(CCC(=O)OC(C)(C)C)ccc1N. The Kier molecular flexibility index (Phi) is 5.08. The molecule has 0 bridgehead atoms. The van der Waals surface area contributed by atoms with E-state index in [2.05, 4.69) is 0 Å². The van der Waals surface area contributed by atoms with Crippen LogP contribution in [0.25, 0.3) is 0 Å². The van der Waals surface area contributed by atoms with Crippen LogP contribution >= 0.6 is 11.8 Å². The van der Waals surface area contributed by atoms with Crippen molar-refractivity contribution in [3.63, 3.8) is 0 Å². The van der Waals surface area contributed by atoms with Gasteiger partial charge < -0.3 is 10.5 Å². The van der Waals surface area contributed by atoms with Crippen LogP contribution in [0.3, 0.4) is 0 Å². The normalized spacial score (nSPS) is 11.3. The third kappa shape index (κ3) is 5.00. The number of benzene rings is 1. The molecular formula is C14H21NO2S. The summed E-state index contributed by atoms with van der Waals surface area (Å²) in [5.41, 5.74) is 7.30. The number of nitrogen functional groups attached to an aromatic ring is 1. The Morgan fingerprint density at radius 3 is 2.61 bits per heavy atom. The van der Waals surface area contributed by atoms with E-state index in [9.17, 15) is 4.79 Å². The molecule has 0 aliphatic carbocycles. The highest BCUT2D eigenvalue weighted by Gasteiger charge is 2.15. The zero-order valence-corrected chi connectivity index (χ0v) is 12.3. The molecule has 0 fully saturated rings. The maximum absolute atomic E-state index is 11.6. The maximum Gasteiger partial charge on any atom is 0.306 e. The minimum Gasteiger partial charge on any atom is -0.460 e. The molecule has 2 N–H and O–H groups in total. The first-order valence-electron chi connectivity index (χ1n) is 5.96. The van der Waals surface area contributed by atoms with Crippen molar-refractivity contribution < 1.29 is 9.53 Å². The van der Waals surface area contributed by atoms with Crippen molar-refractivity contribution in [3.05, 3.63) is 23.8 Å². The molecule has 100 valence electrons. The van der Waals surface area contributed by atoms with E-state index in [0.29, 0.717) is 12.8 Å². The summed E-state index contributed by atoms with van der Waals surface area (Å²) in [4.78, 5) is 12.7. The van der Waals surface area contributed by atoms with Gasteiger partial charge in [-0.25, -0.2) is 0 Å². The number of esters is 1. The van der Waals surface area contributed by atoms with E-state index in [4.69, 9.17) is 10.5 Å². The van der Waals surface area contributed by atoms with E-state index >= 15 is 0 Å². The lowest BCUT2D eigenvalue weighted by Crippen LogP contribution is -2.24. The number of ether oxygens (including phenoxy) is 1. The lowest BCUT2D eigenvalue weighted by molar-refractivity contribution is -0.154. The summed E-state index contributed by atoms with van der Waals surface area (Å²) in [5.74, 6) is -0.162. The first kappa shape index (κ1) is 14.9. The predicted octanol–water partition coefficient (Wildman–Crippen LogP) is 3.27. The van der Waals surface area contributed by atoms with Gasteiger partial charge in [-0.2, -0.15) is 0 Å². The Morgan fingerprint density at radius 2 is 2.06 bits per heavy atom. The number of carbonyl (C=O) groups is 1. The minimum atomic E-state index is -0.414. The third-order valence-corrected chi connectivity index (χ3v) is 3.13. The van der Waals surface area contributed by atoms with Gasteiger partial charge in [0.15, 0.2) is 0 Å². The van der Waals surface area contributed by atoms with E-state index in [0.717, 1.165) is 16.1 Å². The van der Waals surface area contributed by atoms with Crippen molar-refractivity contribution in [1.29, 1.82) is 0 Å². The number of rotatable bonds is 4. The molecule has 0 amide bonds. The van der Waals surface area contributed by atoms with Crippen LogP contribution in [0.1, 0.15) is 32.8 Å². The fourth-order valence-corrected chi connectivity index (χ4v) is 2.12. The van der Waals surface area contributed by atoms with Crippen LogP contribution in [0.2, 0.25) is 0 Å². The molecule has 0 radical (unpaired) electrons. The molecule has 0 saturated heterocycles. The van der Waals surface area contributed by atoms with Gasteiger partial charge in [0.2, 0.25) is 0 Å². The highest BCUT2D eigenvalue weighted by molar-refractivity contribution is 7.98. The monoisotopic (exact) mass is 267 g/mol. The van der Waals surface area contributed by atoms with Crippen LogP contribution in [0.5, 0.6) is 0 Å². The van der Waals surface area contributed by atoms with Gasteiger partial charge in [-0.05, 0) is 51.1 Å². The molecule has 0 atom stereocenters. The van der Waals surface area contributed by atoms with Crippen LogP contribution in [0.4, 0.5) is 5.69 Å². The quantitative estimate of drug-likeness (QED) is 0.517. The highest BCUT2D eigenvalue weighted by atomic mass is 32.2. The second-order valence-corrected chi connectivity index (χ2v) is 6.01. The first-order chi connectivity index (χ1) is 8.31. The number of thioether (sulfide) groups is 1. The van der Waals surface area contributed by atoms with Crippen LogP contribution in [0.15, 0.2) is 23.1 Å². The Labute approximate surface area is 113 Å². The fraction of sp³-hybridized carbons (Fsp3) is 0.500. The molecule has 1 aromatic carbocycles. The smallest absolute Gasteiger partial charge is 0.306 e. The molecule has 0 aliphatic rings. The van der Waals surface area contributed by atoms with E-state index in [1.54, 1.807) is 11.8 Å². The van der Waals surface area contributed by atoms with Gasteiger partial charge in [0, 0.05) is 17.0 Å². The van der Waals surface area contributed by atoms with E-state index in [-0.39, 0.29) is 5.97 Å². The Bertz CT molecular complexity index is 424. The molecule has 0 aromatic heterocycles. The largest absolute Gasteiger partial charge is 0.460 e. The van der Waals surface area contributed by atoms with Gasteiger partial charge in [0.05, 0.1) is 0 Å². The van der Waals surface area contributed by atoms with Gasteiger partial charge in [-0.15, -0.1) is 11.8 Å². The highest BCUT2D eigenvalue weighted by Crippen LogP contribution is 2.24. The summed E-state index contributed by atoms with van der Waals surface area (Å²) in [5, 5.41) is 0. The van der Waals surface area contributed by atoms with Gasteiger partial charge >= 0.3 is 5.97 Å². The zero-order valence-electron chi connectivity index (χ0n) is 11.4.